The second-order valence-corrected chi connectivity index (χ2v) is 5.45. The van der Waals surface area contributed by atoms with E-state index in [1.54, 1.807) is 6.92 Å². The van der Waals surface area contributed by atoms with Crippen LogP contribution in [-0.2, 0) is 14.3 Å². The minimum absolute atomic E-state index is 0.246. The Kier molecular flexibility index (Phi) is 9.08. The van der Waals surface area contributed by atoms with E-state index in [1.807, 2.05) is 0 Å². The van der Waals surface area contributed by atoms with Crippen LogP contribution in [0.25, 0.3) is 0 Å². The predicted octanol–water partition coefficient (Wildman–Crippen LogP) is 4.15. The van der Waals surface area contributed by atoms with Gasteiger partial charge >= 0.3 is 5.97 Å². The molecule has 4 unspecified atom stereocenters. The minimum atomic E-state index is -0.414. The average molecular weight is 258 g/mol. The first kappa shape index (κ1) is 17.4. The standard InChI is InChI=1S/C12H22O3.C3H8/c1-8-5-6-12(9(2)7-8)15-11(4)14-10(3)13;1-3-2/h8-9,11-12H,5-7H2,1-4H3;3H2,1-2H3. The van der Waals surface area contributed by atoms with Crippen molar-refractivity contribution in [1.82, 2.24) is 0 Å². The summed E-state index contributed by atoms with van der Waals surface area (Å²) in [5.74, 6) is 1.08. The van der Waals surface area contributed by atoms with Gasteiger partial charge in [-0.05, 0) is 38.0 Å². The smallest absolute Gasteiger partial charge is 0.304 e. The Morgan fingerprint density at radius 2 is 1.83 bits per heavy atom. The Balaban J connectivity index is 0.000000873. The molecular formula is C15H30O3. The number of hydrogen-bond donors (Lipinski definition) is 0. The third-order valence-corrected chi connectivity index (χ3v) is 3.05. The summed E-state index contributed by atoms with van der Waals surface area (Å²) in [5.41, 5.74) is 0. The van der Waals surface area contributed by atoms with Gasteiger partial charge in [0, 0.05) is 6.92 Å². The first-order valence-electron chi connectivity index (χ1n) is 7.23. The molecule has 1 aliphatic carbocycles. The summed E-state index contributed by atoms with van der Waals surface area (Å²) in [6.45, 7) is 11.9. The summed E-state index contributed by atoms with van der Waals surface area (Å²) >= 11 is 0. The molecule has 18 heavy (non-hydrogen) atoms. The molecule has 0 spiro atoms. The largest absolute Gasteiger partial charge is 0.436 e. The van der Waals surface area contributed by atoms with Crippen LogP contribution in [0.5, 0.6) is 0 Å². The molecule has 0 amide bonds. The van der Waals surface area contributed by atoms with Gasteiger partial charge in [0.1, 0.15) is 0 Å². The summed E-state index contributed by atoms with van der Waals surface area (Å²) < 4.78 is 10.7. The molecule has 1 aliphatic rings. The van der Waals surface area contributed by atoms with Crippen LogP contribution in [0, 0.1) is 11.8 Å². The Bertz CT molecular complexity index is 228. The lowest BCUT2D eigenvalue weighted by Gasteiger charge is -2.33. The first-order valence-corrected chi connectivity index (χ1v) is 7.23. The van der Waals surface area contributed by atoms with Gasteiger partial charge in [-0.1, -0.05) is 34.1 Å². The molecular weight excluding hydrogens is 228 g/mol. The van der Waals surface area contributed by atoms with Gasteiger partial charge in [0.05, 0.1) is 6.10 Å². The molecule has 0 bridgehead atoms. The fourth-order valence-corrected chi connectivity index (χ4v) is 2.35. The summed E-state index contributed by atoms with van der Waals surface area (Å²) in [6, 6.07) is 0. The van der Waals surface area contributed by atoms with Crippen molar-refractivity contribution in [3.63, 3.8) is 0 Å². The maximum absolute atomic E-state index is 10.7. The molecule has 0 saturated heterocycles. The van der Waals surface area contributed by atoms with Crippen LogP contribution in [0.3, 0.4) is 0 Å². The first-order chi connectivity index (χ1) is 8.40. The molecule has 1 fully saturated rings. The third-order valence-electron chi connectivity index (χ3n) is 3.05. The zero-order valence-corrected chi connectivity index (χ0v) is 12.9. The van der Waals surface area contributed by atoms with E-state index in [9.17, 15) is 4.79 Å². The van der Waals surface area contributed by atoms with Gasteiger partial charge < -0.3 is 9.47 Å². The van der Waals surface area contributed by atoms with Crippen LogP contribution in [-0.4, -0.2) is 18.4 Å². The highest BCUT2D eigenvalue weighted by Crippen LogP contribution is 2.31. The van der Waals surface area contributed by atoms with E-state index in [0.717, 1.165) is 12.3 Å². The van der Waals surface area contributed by atoms with Crippen molar-refractivity contribution < 1.29 is 14.3 Å². The average Bonchev–Trinajstić information content (AvgIpc) is 2.22. The van der Waals surface area contributed by atoms with E-state index < -0.39 is 6.29 Å². The number of ether oxygens (including phenoxy) is 2. The highest BCUT2D eigenvalue weighted by Gasteiger charge is 2.27. The summed E-state index contributed by atoms with van der Waals surface area (Å²) in [4.78, 5) is 10.7. The zero-order chi connectivity index (χ0) is 14.1. The van der Waals surface area contributed by atoms with E-state index in [0.29, 0.717) is 5.92 Å². The molecule has 0 aromatic rings. The van der Waals surface area contributed by atoms with Crippen molar-refractivity contribution in [2.45, 2.75) is 79.6 Å². The SMILES string of the molecule is CC(=O)OC(C)OC1CCC(C)CC1C.CCC. The van der Waals surface area contributed by atoms with Crippen molar-refractivity contribution in [3.8, 4) is 0 Å². The van der Waals surface area contributed by atoms with Gasteiger partial charge in [-0.2, -0.15) is 0 Å². The van der Waals surface area contributed by atoms with Crippen LogP contribution in [0.2, 0.25) is 0 Å². The van der Waals surface area contributed by atoms with Gasteiger partial charge in [-0.3, -0.25) is 4.79 Å². The molecule has 3 nitrogen and oxygen atoms in total. The lowest BCUT2D eigenvalue weighted by Crippen LogP contribution is -2.33. The van der Waals surface area contributed by atoms with E-state index in [4.69, 9.17) is 9.47 Å². The monoisotopic (exact) mass is 258 g/mol. The molecule has 0 radical (unpaired) electrons. The second kappa shape index (κ2) is 9.37. The van der Waals surface area contributed by atoms with Crippen molar-refractivity contribution in [2.75, 3.05) is 0 Å². The van der Waals surface area contributed by atoms with Crippen molar-refractivity contribution in [3.05, 3.63) is 0 Å². The molecule has 1 rings (SSSR count). The Hall–Kier alpha value is -0.570. The molecule has 0 N–H and O–H groups in total. The molecule has 0 heterocycles. The van der Waals surface area contributed by atoms with Gasteiger partial charge in [-0.15, -0.1) is 0 Å². The fourth-order valence-electron chi connectivity index (χ4n) is 2.35. The molecule has 0 aliphatic heterocycles. The van der Waals surface area contributed by atoms with Crippen LogP contribution in [0.15, 0.2) is 0 Å². The molecule has 3 heteroatoms. The van der Waals surface area contributed by atoms with E-state index in [1.165, 1.54) is 26.2 Å². The van der Waals surface area contributed by atoms with Crippen LogP contribution in [0.1, 0.15) is 67.2 Å². The number of esters is 1. The van der Waals surface area contributed by atoms with Gasteiger partial charge in [0.25, 0.3) is 0 Å². The Morgan fingerprint density at radius 1 is 1.28 bits per heavy atom. The van der Waals surface area contributed by atoms with Gasteiger partial charge in [-0.25, -0.2) is 0 Å². The number of carbonyl (C=O) groups excluding carboxylic acids is 1. The lowest BCUT2D eigenvalue weighted by molar-refractivity contribution is -0.191. The van der Waals surface area contributed by atoms with Crippen LogP contribution < -0.4 is 0 Å². The third kappa shape index (κ3) is 7.70. The van der Waals surface area contributed by atoms with Crippen LogP contribution in [0.4, 0.5) is 0 Å². The predicted molar refractivity (Wildman–Crippen MR) is 74.2 cm³/mol. The van der Waals surface area contributed by atoms with E-state index >= 15 is 0 Å². The number of hydrogen-bond acceptors (Lipinski definition) is 3. The minimum Gasteiger partial charge on any atom is -0.436 e. The number of rotatable bonds is 3. The molecule has 4 atom stereocenters. The van der Waals surface area contributed by atoms with Crippen molar-refractivity contribution in [2.24, 2.45) is 11.8 Å². The zero-order valence-electron chi connectivity index (χ0n) is 12.9. The maximum Gasteiger partial charge on any atom is 0.304 e. The van der Waals surface area contributed by atoms with Gasteiger partial charge in [0.15, 0.2) is 6.29 Å². The normalized spacial score (nSPS) is 28.9. The highest BCUT2D eigenvalue weighted by molar-refractivity contribution is 5.65. The second-order valence-electron chi connectivity index (χ2n) is 5.45. The Morgan fingerprint density at radius 3 is 2.28 bits per heavy atom. The molecule has 0 aromatic heterocycles. The number of carbonyl (C=O) groups is 1. The summed E-state index contributed by atoms with van der Waals surface area (Å²) in [6.07, 6.45) is 4.58. The molecule has 108 valence electrons. The molecule has 1 saturated carbocycles. The summed E-state index contributed by atoms with van der Waals surface area (Å²) in [5, 5.41) is 0. The highest BCUT2D eigenvalue weighted by atomic mass is 16.7. The van der Waals surface area contributed by atoms with E-state index in [2.05, 4.69) is 27.7 Å². The van der Waals surface area contributed by atoms with Crippen molar-refractivity contribution in [1.29, 1.82) is 0 Å². The van der Waals surface area contributed by atoms with Gasteiger partial charge in [0.2, 0.25) is 0 Å². The van der Waals surface area contributed by atoms with Crippen LogP contribution >= 0.6 is 0 Å². The fraction of sp³-hybridized carbons (Fsp3) is 0.933. The summed E-state index contributed by atoms with van der Waals surface area (Å²) in [7, 11) is 0. The lowest BCUT2D eigenvalue weighted by atomic mass is 9.81. The molecule has 0 aromatic carbocycles. The Labute approximate surface area is 112 Å². The van der Waals surface area contributed by atoms with Crippen molar-refractivity contribution >= 4 is 5.97 Å². The van der Waals surface area contributed by atoms with E-state index in [-0.39, 0.29) is 12.1 Å². The maximum atomic E-state index is 10.7. The quantitative estimate of drug-likeness (QED) is 0.563. The topological polar surface area (TPSA) is 35.5 Å².